The van der Waals surface area contributed by atoms with Gasteiger partial charge in [-0.05, 0) is 31.0 Å². The van der Waals surface area contributed by atoms with Gasteiger partial charge in [-0.15, -0.1) is 0 Å². The van der Waals surface area contributed by atoms with E-state index in [-0.39, 0.29) is 15.4 Å². The first-order chi connectivity index (χ1) is 12.7. The molecule has 2 radical (unpaired) electrons. The highest BCUT2D eigenvalue weighted by molar-refractivity contribution is 7.90. The van der Waals surface area contributed by atoms with E-state index < -0.39 is 26.0 Å². The Morgan fingerprint density at radius 3 is 2.15 bits per heavy atom. The molecular weight excluding hydrogens is 387 g/mol. The van der Waals surface area contributed by atoms with Crippen LogP contribution in [0.2, 0.25) is 0 Å². The maximum Gasteiger partial charge on any atom is 0.264 e. The number of carbonyl (C=O) groups is 1. The zero-order valence-corrected chi connectivity index (χ0v) is 16.0. The van der Waals surface area contributed by atoms with Crippen molar-refractivity contribution in [2.24, 2.45) is 0 Å². The lowest BCUT2D eigenvalue weighted by Gasteiger charge is -2.16. The maximum atomic E-state index is 12.6. The minimum absolute atomic E-state index is 0.118. The minimum Gasteiger partial charge on any atom is -0.268 e. The van der Waals surface area contributed by atoms with E-state index in [9.17, 15) is 21.6 Å². The Bertz CT molecular complexity index is 1060. The van der Waals surface area contributed by atoms with Crippen LogP contribution in [0.1, 0.15) is 23.2 Å². The lowest BCUT2D eigenvalue weighted by molar-refractivity contribution is 0.0981. The van der Waals surface area contributed by atoms with Gasteiger partial charge in [0.25, 0.3) is 15.9 Å². The Morgan fingerprint density at radius 2 is 1.52 bits per heavy atom. The van der Waals surface area contributed by atoms with Crippen molar-refractivity contribution in [1.82, 2.24) is 9.03 Å². The van der Waals surface area contributed by atoms with Gasteiger partial charge in [0.15, 0.2) is 0 Å². The number of benzene rings is 2. The molecule has 2 aromatic rings. The lowest BCUT2D eigenvalue weighted by Crippen LogP contribution is -2.31. The number of amides is 1. The summed E-state index contributed by atoms with van der Waals surface area (Å²) in [6.45, 7) is 0.820. The number of nitrogens with zero attached hydrogens (tertiary/aromatic N) is 1. The van der Waals surface area contributed by atoms with Crippen LogP contribution in [0.3, 0.4) is 0 Å². The maximum absolute atomic E-state index is 12.6. The molecule has 1 fully saturated rings. The van der Waals surface area contributed by atoms with Gasteiger partial charge < -0.3 is 0 Å². The number of carbonyl (C=O) groups excluding carboxylic acids is 1. The van der Waals surface area contributed by atoms with Gasteiger partial charge in [0.1, 0.15) is 7.85 Å². The van der Waals surface area contributed by atoms with Gasteiger partial charge in [-0.3, -0.25) is 4.79 Å². The molecule has 0 bridgehead atoms. The van der Waals surface area contributed by atoms with Crippen molar-refractivity contribution < 1.29 is 21.6 Å². The Kier molecular flexibility index (Phi) is 5.41. The van der Waals surface area contributed by atoms with Crippen LogP contribution in [0.25, 0.3) is 0 Å². The summed E-state index contributed by atoms with van der Waals surface area (Å²) < 4.78 is 53.5. The van der Waals surface area contributed by atoms with E-state index in [1.807, 2.05) is 4.72 Å². The van der Waals surface area contributed by atoms with Gasteiger partial charge in [0.2, 0.25) is 10.0 Å². The van der Waals surface area contributed by atoms with E-state index in [2.05, 4.69) is 0 Å². The van der Waals surface area contributed by atoms with Crippen LogP contribution in [0, 0.1) is 0 Å². The molecule has 0 spiro atoms. The molecule has 0 unspecified atom stereocenters. The zero-order valence-electron chi connectivity index (χ0n) is 14.3. The molecule has 1 aliphatic rings. The molecule has 3 rings (SSSR count). The molecule has 0 saturated carbocycles. The van der Waals surface area contributed by atoms with E-state index in [0.717, 1.165) is 18.9 Å². The van der Waals surface area contributed by atoms with Crippen molar-refractivity contribution in [3.63, 3.8) is 0 Å². The van der Waals surface area contributed by atoms with Crippen LogP contribution < -0.4 is 10.2 Å². The van der Waals surface area contributed by atoms with Crippen molar-refractivity contribution in [3.05, 3.63) is 54.1 Å². The molecule has 0 aliphatic carbocycles. The molecule has 7 nitrogen and oxygen atoms in total. The van der Waals surface area contributed by atoms with Crippen LogP contribution in [-0.2, 0) is 20.0 Å². The Labute approximate surface area is 159 Å². The molecule has 0 aromatic heterocycles. The third kappa shape index (κ3) is 4.23. The van der Waals surface area contributed by atoms with E-state index in [1.165, 1.54) is 46.8 Å². The highest BCUT2D eigenvalue weighted by atomic mass is 32.2. The highest BCUT2D eigenvalue weighted by Gasteiger charge is 2.28. The number of hydrogen-bond donors (Lipinski definition) is 1. The fourth-order valence-corrected chi connectivity index (χ4v) is 5.41. The fraction of sp³-hybridized carbons (Fsp3) is 0.235. The molecule has 0 atom stereocenters. The largest absolute Gasteiger partial charge is 0.268 e. The smallest absolute Gasteiger partial charge is 0.264 e. The summed E-state index contributed by atoms with van der Waals surface area (Å²) in [7, 11) is -2.46. The van der Waals surface area contributed by atoms with Gasteiger partial charge in [0.05, 0.1) is 9.79 Å². The average Bonchev–Trinajstić information content (AvgIpc) is 3.17. The number of nitrogens with one attached hydrogen (secondary N) is 1. The fourth-order valence-electron chi connectivity index (χ4n) is 2.75. The van der Waals surface area contributed by atoms with Crippen LogP contribution in [0.5, 0.6) is 0 Å². The first-order valence-electron chi connectivity index (χ1n) is 8.23. The zero-order chi connectivity index (χ0) is 19.7. The van der Waals surface area contributed by atoms with Gasteiger partial charge >= 0.3 is 0 Å². The van der Waals surface area contributed by atoms with E-state index in [0.29, 0.717) is 18.6 Å². The molecule has 1 aliphatic heterocycles. The monoisotopic (exact) mass is 404 g/mol. The minimum atomic E-state index is -4.24. The van der Waals surface area contributed by atoms with Crippen LogP contribution >= 0.6 is 0 Å². The third-order valence-corrected chi connectivity index (χ3v) is 7.44. The average molecular weight is 404 g/mol. The van der Waals surface area contributed by atoms with Gasteiger partial charge in [-0.2, -0.15) is 4.31 Å². The number of rotatable bonds is 5. The Balaban J connectivity index is 1.87. The molecule has 27 heavy (non-hydrogen) atoms. The quantitative estimate of drug-likeness (QED) is 0.727. The SMILES string of the molecule is [B]c1ccc(C(=O)NS(=O)(=O)c2cccc(S(=O)(=O)N3CCCC3)c2)cc1. The topological polar surface area (TPSA) is 101 Å². The normalized spacial score (nSPS) is 15.6. The van der Waals surface area contributed by atoms with Crippen molar-refractivity contribution in [1.29, 1.82) is 0 Å². The molecule has 1 saturated heterocycles. The summed E-state index contributed by atoms with van der Waals surface area (Å²) in [6.07, 6.45) is 1.55. The Morgan fingerprint density at radius 1 is 0.926 bits per heavy atom. The van der Waals surface area contributed by atoms with E-state index >= 15 is 0 Å². The van der Waals surface area contributed by atoms with Crippen molar-refractivity contribution in [3.8, 4) is 0 Å². The van der Waals surface area contributed by atoms with E-state index in [1.54, 1.807) is 0 Å². The second-order valence-electron chi connectivity index (χ2n) is 6.14. The molecule has 10 heteroatoms. The van der Waals surface area contributed by atoms with Crippen molar-refractivity contribution >= 4 is 39.3 Å². The summed E-state index contributed by atoms with van der Waals surface area (Å²) in [4.78, 5) is 11.8. The summed E-state index contributed by atoms with van der Waals surface area (Å²) in [5.41, 5.74) is 0.558. The van der Waals surface area contributed by atoms with Crippen molar-refractivity contribution in [2.45, 2.75) is 22.6 Å². The first-order valence-corrected chi connectivity index (χ1v) is 11.2. The molecular formula is C17H17BN2O5S2. The first kappa shape index (κ1) is 19.6. The lowest BCUT2D eigenvalue weighted by atomic mass is 9.95. The molecule has 140 valence electrons. The van der Waals surface area contributed by atoms with Gasteiger partial charge in [0, 0.05) is 18.7 Å². The summed E-state index contributed by atoms with van der Waals surface area (Å²) in [6, 6.07) is 10.7. The van der Waals surface area contributed by atoms with Crippen LogP contribution in [0.4, 0.5) is 0 Å². The highest BCUT2D eigenvalue weighted by Crippen LogP contribution is 2.23. The number of sulfonamides is 2. The van der Waals surface area contributed by atoms with Crippen LogP contribution in [0.15, 0.2) is 58.3 Å². The predicted molar refractivity (Wildman–Crippen MR) is 101 cm³/mol. The summed E-state index contributed by atoms with van der Waals surface area (Å²) in [5, 5.41) is 0. The second-order valence-corrected chi connectivity index (χ2v) is 9.76. The second kappa shape index (κ2) is 7.45. The third-order valence-electron chi connectivity index (χ3n) is 4.22. The Hall–Kier alpha value is -2.17. The molecule has 1 amide bonds. The molecule has 1 N–H and O–H groups in total. The predicted octanol–water partition coefficient (Wildman–Crippen LogP) is 0.384. The molecule has 1 heterocycles. The van der Waals surface area contributed by atoms with Crippen LogP contribution in [-0.4, -0.2) is 48.0 Å². The number of hydrogen-bond acceptors (Lipinski definition) is 5. The van der Waals surface area contributed by atoms with Gasteiger partial charge in [-0.25, -0.2) is 21.6 Å². The summed E-state index contributed by atoms with van der Waals surface area (Å²) >= 11 is 0. The molecule has 2 aromatic carbocycles. The standard InChI is InChI=1S/C17H17BN2O5S2/c18-14-8-6-13(7-9-14)17(21)19-26(22,23)15-4-3-5-16(12-15)27(24,25)20-10-1-2-11-20/h3-9,12H,1-2,10-11H2,(H,19,21). The summed E-state index contributed by atoms with van der Waals surface area (Å²) in [5.74, 6) is -0.831. The van der Waals surface area contributed by atoms with E-state index in [4.69, 9.17) is 7.85 Å². The van der Waals surface area contributed by atoms with Crippen molar-refractivity contribution in [2.75, 3.05) is 13.1 Å². The van der Waals surface area contributed by atoms with Gasteiger partial charge in [-0.1, -0.05) is 35.8 Å².